The van der Waals surface area contributed by atoms with Crippen LogP contribution in [0.3, 0.4) is 0 Å². The lowest BCUT2D eigenvalue weighted by Crippen LogP contribution is -2.17. The number of hydrogen-bond acceptors (Lipinski definition) is 2. The molecule has 0 saturated heterocycles. The first-order valence-corrected chi connectivity index (χ1v) is 6.55. The molecule has 5 heteroatoms. The van der Waals surface area contributed by atoms with Crippen molar-refractivity contribution in [2.45, 2.75) is 33.4 Å². The Hall–Kier alpha value is -0.320. The highest BCUT2D eigenvalue weighted by atomic mass is 79.9. The first-order valence-electron chi connectivity index (χ1n) is 5.38. The molecule has 3 nitrogen and oxygen atoms in total. The van der Waals surface area contributed by atoms with Crippen LogP contribution in [0.4, 0.5) is 0 Å². The molecule has 90 valence electrons. The van der Waals surface area contributed by atoms with Crippen LogP contribution in [0.25, 0.3) is 0 Å². The van der Waals surface area contributed by atoms with E-state index in [4.69, 9.17) is 11.6 Å². The summed E-state index contributed by atoms with van der Waals surface area (Å²) in [5.41, 5.74) is 2.02. The molecule has 0 radical (unpaired) electrons. The first-order chi connectivity index (χ1) is 7.60. The number of aromatic nitrogens is 2. The molecule has 0 aliphatic heterocycles. The third kappa shape index (κ3) is 3.34. The highest BCUT2D eigenvalue weighted by Gasteiger charge is 2.13. The van der Waals surface area contributed by atoms with E-state index in [1.807, 2.05) is 4.68 Å². The highest BCUT2D eigenvalue weighted by molar-refractivity contribution is 9.11. The smallest absolute Gasteiger partial charge is 0.0863 e. The molecule has 0 fully saturated rings. The van der Waals surface area contributed by atoms with Gasteiger partial charge < -0.3 is 5.32 Å². The number of rotatable bonds is 6. The molecule has 0 atom stereocenters. The van der Waals surface area contributed by atoms with Gasteiger partial charge in [0.1, 0.15) is 0 Å². The predicted octanol–water partition coefficient (Wildman–Crippen LogP) is 3.12. The number of nitrogens with one attached hydrogen (secondary N) is 1. The minimum absolute atomic E-state index is 0.713. The monoisotopic (exact) mass is 305 g/mol. The van der Waals surface area contributed by atoms with E-state index >= 15 is 0 Å². The topological polar surface area (TPSA) is 29.9 Å². The Bertz CT molecular complexity index is 374. The summed E-state index contributed by atoms with van der Waals surface area (Å²) in [6, 6.07) is 0. The predicted molar refractivity (Wildman–Crippen MR) is 72.1 cm³/mol. The summed E-state index contributed by atoms with van der Waals surface area (Å²) in [7, 11) is 0. The van der Waals surface area contributed by atoms with Crippen molar-refractivity contribution < 1.29 is 0 Å². The van der Waals surface area contributed by atoms with Gasteiger partial charge in [-0.15, -0.1) is 0 Å². The van der Waals surface area contributed by atoms with Crippen LogP contribution >= 0.6 is 27.5 Å². The number of halogens is 2. The van der Waals surface area contributed by atoms with Gasteiger partial charge in [0.15, 0.2) is 0 Å². The third-order valence-electron chi connectivity index (χ3n) is 2.30. The van der Waals surface area contributed by atoms with Crippen molar-refractivity contribution in [3.63, 3.8) is 0 Å². The van der Waals surface area contributed by atoms with Crippen LogP contribution in [0.2, 0.25) is 5.02 Å². The molecule has 0 spiro atoms. The zero-order valence-electron chi connectivity index (χ0n) is 9.69. The van der Waals surface area contributed by atoms with Crippen molar-refractivity contribution in [2.24, 2.45) is 0 Å². The van der Waals surface area contributed by atoms with Crippen LogP contribution < -0.4 is 5.32 Å². The maximum atomic E-state index is 6.27. The van der Waals surface area contributed by atoms with Crippen molar-refractivity contribution in [1.29, 1.82) is 0 Å². The first kappa shape index (κ1) is 13.7. The molecule has 16 heavy (non-hydrogen) atoms. The van der Waals surface area contributed by atoms with E-state index < -0.39 is 0 Å². The lowest BCUT2D eigenvalue weighted by molar-refractivity contribution is 0.590. The second kappa shape index (κ2) is 6.42. The number of nitrogens with zero attached hydrogens (tertiary/aromatic N) is 2. The molecule has 0 saturated carbocycles. The average Bonchev–Trinajstić information content (AvgIpc) is 2.55. The van der Waals surface area contributed by atoms with Crippen LogP contribution in [0.1, 0.15) is 25.2 Å². The molecule has 1 heterocycles. The van der Waals surface area contributed by atoms with Crippen LogP contribution in [-0.2, 0) is 19.5 Å². The van der Waals surface area contributed by atoms with Crippen LogP contribution in [0.5, 0.6) is 0 Å². The lowest BCUT2D eigenvalue weighted by Gasteiger charge is -2.06. The highest BCUT2D eigenvalue weighted by Crippen LogP contribution is 2.21. The third-order valence-corrected chi connectivity index (χ3v) is 3.02. The average molecular weight is 307 g/mol. The maximum Gasteiger partial charge on any atom is 0.0863 e. The molecule has 0 amide bonds. The van der Waals surface area contributed by atoms with Gasteiger partial charge in [-0.1, -0.05) is 41.0 Å². The summed E-state index contributed by atoms with van der Waals surface area (Å²) >= 11 is 9.57. The van der Waals surface area contributed by atoms with E-state index in [9.17, 15) is 0 Å². The lowest BCUT2D eigenvalue weighted by atomic mass is 10.3. The van der Waals surface area contributed by atoms with Crippen LogP contribution in [-0.4, -0.2) is 16.3 Å². The Labute approximate surface area is 110 Å². The Balaban J connectivity index is 2.76. The Morgan fingerprint density at radius 2 is 2.25 bits per heavy atom. The van der Waals surface area contributed by atoms with Crippen molar-refractivity contribution in [2.75, 3.05) is 6.54 Å². The summed E-state index contributed by atoms with van der Waals surface area (Å²) in [6.07, 6.45) is 0.865. The van der Waals surface area contributed by atoms with Gasteiger partial charge in [0.2, 0.25) is 0 Å². The summed E-state index contributed by atoms with van der Waals surface area (Å²) in [6.45, 7) is 10.2. The quantitative estimate of drug-likeness (QED) is 0.875. The van der Waals surface area contributed by atoms with Crippen molar-refractivity contribution in [3.8, 4) is 0 Å². The summed E-state index contributed by atoms with van der Waals surface area (Å²) in [5.74, 6) is 0. The molecule has 0 aliphatic rings. The van der Waals surface area contributed by atoms with E-state index in [0.29, 0.717) is 6.54 Å². The van der Waals surface area contributed by atoms with E-state index in [1.54, 1.807) is 0 Å². The van der Waals surface area contributed by atoms with Gasteiger partial charge >= 0.3 is 0 Å². The van der Waals surface area contributed by atoms with Crippen molar-refractivity contribution in [1.82, 2.24) is 15.1 Å². The van der Waals surface area contributed by atoms with E-state index in [0.717, 1.165) is 40.4 Å². The maximum absolute atomic E-state index is 6.27. The fraction of sp³-hybridized carbons (Fsp3) is 0.545. The molecular weight excluding hydrogens is 289 g/mol. The Morgan fingerprint density at radius 3 is 2.75 bits per heavy atom. The normalized spacial score (nSPS) is 10.8. The SMILES string of the molecule is C=C(Br)CNCc1c(Cl)c(CC)nn1CC. The second-order valence-corrected chi connectivity index (χ2v) is 5.00. The molecule has 1 aromatic heterocycles. The van der Waals surface area contributed by atoms with Gasteiger partial charge in [-0.3, -0.25) is 4.68 Å². The summed E-state index contributed by atoms with van der Waals surface area (Å²) in [4.78, 5) is 0. The Kier molecular flexibility index (Phi) is 5.52. The van der Waals surface area contributed by atoms with Gasteiger partial charge in [0, 0.05) is 24.1 Å². The minimum atomic E-state index is 0.713. The molecular formula is C11H17BrClN3. The van der Waals surface area contributed by atoms with Crippen molar-refractivity contribution >= 4 is 27.5 Å². The summed E-state index contributed by atoms with van der Waals surface area (Å²) in [5, 5.41) is 8.51. The van der Waals surface area contributed by atoms with Crippen LogP contribution in [0, 0.1) is 0 Å². The summed E-state index contributed by atoms with van der Waals surface area (Å²) < 4.78 is 2.88. The van der Waals surface area contributed by atoms with E-state index in [-0.39, 0.29) is 0 Å². The van der Waals surface area contributed by atoms with Gasteiger partial charge in [0.05, 0.1) is 16.4 Å². The largest absolute Gasteiger partial charge is 0.307 e. The fourth-order valence-corrected chi connectivity index (χ4v) is 2.04. The van der Waals surface area contributed by atoms with Crippen LogP contribution in [0.15, 0.2) is 11.1 Å². The minimum Gasteiger partial charge on any atom is -0.307 e. The molecule has 1 rings (SSSR count). The zero-order valence-corrected chi connectivity index (χ0v) is 12.0. The molecule has 0 aliphatic carbocycles. The Morgan fingerprint density at radius 1 is 1.56 bits per heavy atom. The van der Waals surface area contributed by atoms with E-state index in [2.05, 4.69) is 46.8 Å². The fourth-order valence-electron chi connectivity index (χ4n) is 1.50. The van der Waals surface area contributed by atoms with E-state index in [1.165, 1.54) is 0 Å². The zero-order chi connectivity index (χ0) is 12.1. The standard InChI is InChI=1S/C11H17BrClN3/c1-4-9-11(13)10(16(5-2)15-9)7-14-6-8(3)12/h14H,3-7H2,1-2H3. The molecule has 0 bridgehead atoms. The van der Waals surface area contributed by atoms with Crippen molar-refractivity contribution in [3.05, 3.63) is 27.5 Å². The number of aryl methyl sites for hydroxylation is 2. The molecule has 0 aromatic carbocycles. The second-order valence-electron chi connectivity index (χ2n) is 3.50. The van der Waals surface area contributed by atoms with Gasteiger partial charge in [-0.25, -0.2) is 0 Å². The molecule has 1 N–H and O–H groups in total. The van der Waals surface area contributed by atoms with Gasteiger partial charge in [-0.2, -0.15) is 5.10 Å². The number of hydrogen-bond donors (Lipinski definition) is 1. The van der Waals surface area contributed by atoms with Gasteiger partial charge in [-0.05, 0) is 13.3 Å². The molecule has 1 aromatic rings. The van der Waals surface area contributed by atoms with Gasteiger partial charge in [0.25, 0.3) is 0 Å². The molecule has 0 unspecified atom stereocenters.